The van der Waals surface area contributed by atoms with Crippen LogP contribution in [0.5, 0.6) is 0 Å². The molecule has 95 valence electrons. The number of hydrogen-bond donors (Lipinski definition) is 0. The lowest BCUT2D eigenvalue weighted by atomic mass is 10.5. The molecule has 0 rings (SSSR count). The van der Waals surface area contributed by atoms with Crippen molar-refractivity contribution >= 4 is 14.8 Å². The van der Waals surface area contributed by atoms with Gasteiger partial charge < -0.3 is 4.74 Å². The normalized spacial score (nSPS) is 10.4. The predicted octanol–water partition coefficient (Wildman–Crippen LogP) is 4.06. The monoisotopic (exact) mass is 243 g/mol. The summed E-state index contributed by atoms with van der Waals surface area (Å²) in [5.74, 6) is -0.394. The minimum absolute atomic E-state index is 0.0957. The Labute approximate surface area is 103 Å². The largest absolute Gasteiger partial charge is 0.466 e. The fourth-order valence-corrected chi connectivity index (χ4v) is 6.08. The molecule has 0 aromatic rings. The summed E-state index contributed by atoms with van der Waals surface area (Å²) >= 11 is 0. The molecule has 0 aromatic carbocycles. The van der Waals surface area contributed by atoms with E-state index in [0.717, 1.165) is 22.7 Å². The van der Waals surface area contributed by atoms with Crippen LogP contribution in [0.2, 0.25) is 16.6 Å². The summed E-state index contributed by atoms with van der Waals surface area (Å²) < 4.78 is 4.14. The molecule has 0 amide bonds. The molecule has 0 aromatic heterocycles. The van der Waals surface area contributed by atoms with Gasteiger partial charge in [0.15, 0.2) is 0 Å². The average Bonchev–Trinajstić information content (AvgIpc) is 2.15. The molecule has 0 aliphatic carbocycles. The lowest BCUT2D eigenvalue weighted by Crippen LogP contribution is -2.24. The number of ether oxygens (including phenoxy) is 1. The summed E-state index contributed by atoms with van der Waals surface area (Å²) in [5.41, 5.74) is 2.81. The summed E-state index contributed by atoms with van der Waals surface area (Å²) in [6.45, 7) is 17.4. The van der Waals surface area contributed by atoms with E-state index in [0.29, 0.717) is 0 Å². The Balaban J connectivity index is 0. The first kappa shape index (κ1) is 17.8. The van der Waals surface area contributed by atoms with E-state index in [1.807, 2.05) is 0 Å². The van der Waals surface area contributed by atoms with E-state index in [1.54, 1.807) is 0 Å². The number of hydrogen-bond acceptors (Lipinski definition) is 2. The highest BCUT2D eigenvalue weighted by molar-refractivity contribution is 6.63. The van der Waals surface area contributed by atoms with Crippen molar-refractivity contribution in [2.45, 2.75) is 58.2 Å². The van der Waals surface area contributed by atoms with Gasteiger partial charge in [-0.25, -0.2) is 4.79 Å². The van der Waals surface area contributed by atoms with Crippen LogP contribution in [0.25, 0.3) is 0 Å². The van der Waals surface area contributed by atoms with Crippen LogP contribution in [0.3, 0.4) is 0 Å². The van der Waals surface area contributed by atoms with Crippen LogP contribution in [0.4, 0.5) is 0 Å². The van der Waals surface area contributed by atoms with Crippen LogP contribution in [0, 0.1) is 0 Å². The van der Waals surface area contributed by atoms with Crippen molar-refractivity contribution in [2.75, 3.05) is 7.11 Å². The third-order valence-corrected chi connectivity index (χ3v) is 6.37. The molecule has 0 saturated carbocycles. The maximum absolute atomic E-state index is 9.84. The number of esters is 1. The van der Waals surface area contributed by atoms with Crippen molar-refractivity contribution in [1.82, 2.24) is 0 Å². The SMILES string of the molecule is C=CC(=O)OC.CC(C)[Si](C(C)C)C(C)C. The van der Waals surface area contributed by atoms with Crippen molar-refractivity contribution in [3.63, 3.8) is 0 Å². The molecule has 0 unspecified atom stereocenters. The lowest BCUT2D eigenvalue weighted by Gasteiger charge is -2.26. The molecule has 1 radical (unpaired) electrons. The summed E-state index contributed by atoms with van der Waals surface area (Å²) in [5, 5.41) is 0. The summed E-state index contributed by atoms with van der Waals surface area (Å²) in [7, 11) is 1.21. The maximum Gasteiger partial charge on any atom is 0.329 e. The van der Waals surface area contributed by atoms with Crippen LogP contribution >= 0.6 is 0 Å². The molecule has 0 bridgehead atoms. The van der Waals surface area contributed by atoms with E-state index in [4.69, 9.17) is 0 Å². The van der Waals surface area contributed by atoms with Crippen molar-refractivity contribution in [3.05, 3.63) is 12.7 Å². The van der Waals surface area contributed by atoms with Crippen LogP contribution < -0.4 is 0 Å². The maximum atomic E-state index is 9.84. The highest BCUT2D eigenvalue weighted by atomic mass is 28.3. The van der Waals surface area contributed by atoms with Gasteiger partial charge in [-0.05, 0) is 0 Å². The summed E-state index contributed by atoms with van der Waals surface area (Å²) in [4.78, 5) is 9.84. The molecule has 0 atom stereocenters. The first-order chi connectivity index (χ1) is 7.27. The van der Waals surface area contributed by atoms with Gasteiger partial charge in [-0.3, -0.25) is 0 Å². The number of carbonyl (C=O) groups excluding carboxylic acids is 1. The van der Waals surface area contributed by atoms with Crippen LogP contribution in [0.15, 0.2) is 12.7 Å². The van der Waals surface area contributed by atoms with Crippen LogP contribution in [-0.4, -0.2) is 21.9 Å². The van der Waals surface area contributed by atoms with E-state index in [2.05, 4.69) is 52.9 Å². The minimum atomic E-state index is -0.394. The quantitative estimate of drug-likeness (QED) is 0.423. The van der Waals surface area contributed by atoms with Gasteiger partial charge in [0.25, 0.3) is 0 Å². The molecule has 0 N–H and O–H groups in total. The molecular formula is C13H27O2Si. The molecule has 3 heteroatoms. The van der Waals surface area contributed by atoms with Gasteiger partial charge in [0.05, 0.1) is 15.9 Å². The lowest BCUT2D eigenvalue weighted by molar-refractivity contribution is -0.134. The standard InChI is InChI=1S/C9H21Si.C4H6O2/c1-7(2)10(8(3)4)9(5)6;1-3-4(5)6-2/h7-9H,1-6H3;3H,1H2,2H3. The average molecular weight is 243 g/mol. The first-order valence-electron chi connectivity index (χ1n) is 5.84. The molecule has 0 fully saturated rings. The molecule has 0 heterocycles. The van der Waals surface area contributed by atoms with Crippen molar-refractivity contribution < 1.29 is 9.53 Å². The highest BCUT2D eigenvalue weighted by Gasteiger charge is 2.22. The van der Waals surface area contributed by atoms with Crippen molar-refractivity contribution in [3.8, 4) is 0 Å². The number of carbonyl (C=O) groups is 1. The molecule has 0 aliphatic heterocycles. The van der Waals surface area contributed by atoms with Gasteiger partial charge in [0, 0.05) is 6.08 Å². The Morgan fingerprint density at radius 3 is 1.38 bits per heavy atom. The van der Waals surface area contributed by atoms with Crippen LogP contribution in [0.1, 0.15) is 41.5 Å². The molecule has 2 nitrogen and oxygen atoms in total. The Morgan fingerprint density at radius 1 is 1.06 bits per heavy atom. The van der Waals surface area contributed by atoms with E-state index in [9.17, 15) is 4.79 Å². The summed E-state index contributed by atoms with van der Waals surface area (Å²) in [6.07, 6.45) is 1.11. The van der Waals surface area contributed by atoms with E-state index in [-0.39, 0.29) is 8.80 Å². The van der Waals surface area contributed by atoms with Crippen LogP contribution in [-0.2, 0) is 9.53 Å². The van der Waals surface area contributed by atoms with Gasteiger partial charge in [-0.15, -0.1) is 0 Å². The second kappa shape index (κ2) is 9.64. The van der Waals surface area contributed by atoms with Gasteiger partial charge in [0.1, 0.15) is 0 Å². The zero-order valence-electron chi connectivity index (χ0n) is 11.8. The third-order valence-electron chi connectivity index (χ3n) is 2.37. The van der Waals surface area contributed by atoms with Crippen molar-refractivity contribution in [1.29, 1.82) is 0 Å². The predicted molar refractivity (Wildman–Crippen MR) is 73.3 cm³/mol. The van der Waals surface area contributed by atoms with E-state index >= 15 is 0 Å². The van der Waals surface area contributed by atoms with Gasteiger partial charge in [0.2, 0.25) is 0 Å². The van der Waals surface area contributed by atoms with Gasteiger partial charge in [-0.2, -0.15) is 0 Å². The fourth-order valence-electron chi connectivity index (χ4n) is 2.08. The first-order valence-corrected chi connectivity index (χ1v) is 7.58. The third kappa shape index (κ3) is 8.71. The van der Waals surface area contributed by atoms with E-state index in [1.165, 1.54) is 7.11 Å². The molecule has 0 aliphatic rings. The molecule has 0 saturated heterocycles. The summed E-state index contributed by atoms with van der Waals surface area (Å²) in [6, 6.07) is 0. The Kier molecular flexibility index (Phi) is 10.7. The minimum Gasteiger partial charge on any atom is -0.466 e. The van der Waals surface area contributed by atoms with Gasteiger partial charge >= 0.3 is 5.97 Å². The Hall–Kier alpha value is -0.573. The second-order valence-corrected chi connectivity index (χ2v) is 9.16. The fraction of sp³-hybridized carbons (Fsp3) is 0.769. The zero-order chi connectivity index (χ0) is 13.3. The topological polar surface area (TPSA) is 26.3 Å². The molecule has 0 spiro atoms. The van der Waals surface area contributed by atoms with Gasteiger partial charge in [-0.1, -0.05) is 64.7 Å². The molecule has 16 heavy (non-hydrogen) atoms. The number of rotatable bonds is 4. The number of methoxy groups -OCH3 is 1. The van der Waals surface area contributed by atoms with Crippen molar-refractivity contribution in [2.24, 2.45) is 0 Å². The smallest absolute Gasteiger partial charge is 0.329 e. The zero-order valence-corrected chi connectivity index (χ0v) is 12.8. The highest BCUT2D eigenvalue weighted by Crippen LogP contribution is 2.28. The Bertz CT molecular complexity index is 179. The molecular weight excluding hydrogens is 216 g/mol. The Morgan fingerprint density at radius 2 is 1.38 bits per heavy atom. The second-order valence-electron chi connectivity index (χ2n) is 4.69. The van der Waals surface area contributed by atoms with E-state index < -0.39 is 5.97 Å².